The molecule has 0 fully saturated rings. The van der Waals surface area contributed by atoms with Crippen LogP contribution in [0.3, 0.4) is 0 Å². The third-order valence-corrected chi connectivity index (χ3v) is 2.65. The summed E-state index contributed by atoms with van der Waals surface area (Å²) in [5, 5.41) is 8.71. The normalized spacial score (nSPS) is 9.83. The molecule has 1 aromatic heterocycles. The number of benzene rings is 1. The first-order valence-corrected chi connectivity index (χ1v) is 6.22. The van der Waals surface area contributed by atoms with E-state index in [1.165, 1.54) is 0 Å². The average molecular weight is 304 g/mol. The van der Waals surface area contributed by atoms with Gasteiger partial charge in [-0.2, -0.15) is 10.2 Å². The fourth-order valence-corrected chi connectivity index (χ4v) is 1.77. The molecule has 1 heterocycles. The molecule has 0 bridgehead atoms. The molecule has 5 heteroatoms. The van der Waals surface area contributed by atoms with Crippen LogP contribution < -0.4 is 4.74 Å². The summed E-state index contributed by atoms with van der Waals surface area (Å²) in [5.74, 6) is 1.84. The molecule has 90 valence electrons. The highest BCUT2D eigenvalue weighted by Crippen LogP contribution is 2.22. The van der Waals surface area contributed by atoms with Gasteiger partial charge in [-0.25, -0.2) is 4.98 Å². The van der Waals surface area contributed by atoms with E-state index in [4.69, 9.17) is 10.00 Å². The van der Waals surface area contributed by atoms with Crippen LogP contribution in [0.5, 0.6) is 11.6 Å². The zero-order valence-corrected chi connectivity index (χ0v) is 11.3. The Bertz CT molecular complexity index is 590. The molecule has 0 spiro atoms. The SMILES string of the molecule is CCc1nc(Br)cc(Oc2ccc(C#N)cc2)n1. The highest BCUT2D eigenvalue weighted by atomic mass is 79.9. The second-order valence-electron chi connectivity index (χ2n) is 3.54. The van der Waals surface area contributed by atoms with Crippen LogP contribution in [0.2, 0.25) is 0 Å². The van der Waals surface area contributed by atoms with Gasteiger partial charge in [0.1, 0.15) is 16.2 Å². The minimum Gasteiger partial charge on any atom is -0.439 e. The summed E-state index contributed by atoms with van der Waals surface area (Å²) in [6, 6.07) is 10.6. The fourth-order valence-electron chi connectivity index (χ4n) is 1.37. The Labute approximate surface area is 113 Å². The third kappa shape index (κ3) is 3.05. The Morgan fingerprint density at radius 1 is 1.28 bits per heavy atom. The molecule has 0 aliphatic carbocycles. The highest BCUT2D eigenvalue weighted by Gasteiger charge is 2.04. The van der Waals surface area contributed by atoms with Crippen molar-refractivity contribution in [3.8, 4) is 17.7 Å². The smallest absolute Gasteiger partial charge is 0.223 e. The molecule has 2 rings (SSSR count). The zero-order chi connectivity index (χ0) is 13.0. The van der Waals surface area contributed by atoms with E-state index in [0.717, 1.165) is 6.42 Å². The van der Waals surface area contributed by atoms with Gasteiger partial charge in [0.05, 0.1) is 11.6 Å². The molecule has 1 aromatic carbocycles. The van der Waals surface area contributed by atoms with E-state index in [2.05, 4.69) is 32.0 Å². The van der Waals surface area contributed by atoms with Crippen molar-refractivity contribution in [3.05, 3.63) is 46.3 Å². The molecule has 18 heavy (non-hydrogen) atoms. The molecular weight excluding hydrogens is 294 g/mol. The van der Waals surface area contributed by atoms with Crippen LogP contribution in [0, 0.1) is 11.3 Å². The predicted octanol–water partition coefficient (Wildman–Crippen LogP) is 3.47. The first kappa shape index (κ1) is 12.5. The summed E-state index contributed by atoms with van der Waals surface area (Å²) in [7, 11) is 0. The fraction of sp³-hybridized carbons (Fsp3) is 0.154. The molecule has 0 saturated heterocycles. The third-order valence-electron chi connectivity index (χ3n) is 2.24. The summed E-state index contributed by atoms with van der Waals surface area (Å²) in [6.07, 6.45) is 0.739. The second kappa shape index (κ2) is 5.61. The van der Waals surface area contributed by atoms with Crippen molar-refractivity contribution in [1.82, 2.24) is 9.97 Å². The van der Waals surface area contributed by atoms with Crippen LogP contribution >= 0.6 is 15.9 Å². The maximum atomic E-state index is 8.71. The Morgan fingerprint density at radius 3 is 2.61 bits per heavy atom. The lowest BCUT2D eigenvalue weighted by molar-refractivity contribution is 0.458. The van der Waals surface area contributed by atoms with Crippen LogP contribution in [-0.2, 0) is 6.42 Å². The Hall–Kier alpha value is -1.93. The van der Waals surface area contributed by atoms with Crippen molar-refractivity contribution >= 4 is 15.9 Å². The first-order chi connectivity index (χ1) is 8.71. The number of halogens is 1. The summed E-state index contributed by atoms with van der Waals surface area (Å²) < 4.78 is 6.30. The Balaban J connectivity index is 2.22. The van der Waals surface area contributed by atoms with Gasteiger partial charge in [-0.3, -0.25) is 0 Å². The van der Waals surface area contributed by atoms with E-state index in [1.54, 1.807) is 30.3 Å². The van der Waals surface area contributed by atoms with Gasteiger partial charge in [0, 0.05) is 12.5 Å². The number of ether oxygens (including phenoxy) is 1. The summed E-state index contributed by atoms with van der Waals surface area (Å²) in [4.78, 5) is 8.47. The largest absolute Gasteiger partial charge is 0.439 e. The van der Waals surface area contributed by atoms with E-state index in [1.807, 2.05) is 6.92 Å². The molecule has 2 aromatic rings. The van der Waals surface area contributed by atoms with Crippen molar-refractivity contribution < 1.29 is 4.74 Å². The van der Waals surface area contributed by atoms with Gasteiger partial charge in [-0.05, 0) is 40.2 Å². The van der Waals surface area contributed by atoms with E-state index in [0.29, 0.717) is 27.6 Å². The Kier molecular flexibility index (Phi) is 3.90. The number of hydrogen-bond donors (Lipinski definition) is 0. The number of aryl methyl sites for hydroxylation is 1. The number of rotatable bonds is 3. The van der Waals surface area contributed by atoms with Gasteiger partial charge < -0.3 is 4.74 Å². The zero-order valence-electron chi connectivity index (χ0n) is 9.72. The van der Waals surface area contributed by atoms with Gasteiger partial charge in [-0.1, -0.05) is 6.92 Å². The molecule has 0 saturated carbocycles. The molecule has 0 amide bonds. The molecule has 0 N–H and O–H groups in total. The van der Waals surface area contributed by atoms with Gasteiger partial charge in [0.25, 0.3) is 0 Å². The predicted molar refractivity (Wildman–Crippen MR) is 70.3 cm³/mol. The van der Waals surface area contributed by atoms with Crippen LogP contribution in [-0.4, -0.2) is 9.97 Å². The monoisotopic (exact) mass is 303 g/mol. The number of nitriles is 1. The standard InChI is InChI=1S/C13H10BrN3O/c1-2-12-16-11(14)7-13(17-12)18-10-5-3-9(8-15)4-6-10/h3-7H,2H2,1H3. The lowest BCUT2D eigenvalue weighted by Crippen LogP contribution is -1.96. The van der Waals surface area contributed by atoms with Crippen LogP contribution in [0.1, 0.15) is 18.3 Å². The summed E-state index contributed by atoms with van der Waals surface area (Å²) in [6.45, 7) is 1.98. The van der Waals surface area contributed by atoms with Gasteiger partial charge in [0.2, 0.25) is 5.88 Å². The molecule has 0 atom stereocenters. The van der Waals surface area contributed by atoms with Gasteiger partial charge >= 0.3 is 0 Å². The van der Waals surface area contributed by atoms with Crippen molar-refractivity contribution in [2.75, 3.05) is 0 Å². The maximum absolute atomic E-state index is 8.71. The van der Waals surface area contributed by atoms with Crippen LogP contribution in [0.4, 0.5) is 0 Å². The van der Waals surface area contributed by atoms with Crippen molar-refractivity contribution in [2.24, 2.45) is 0 Å². The molecular formula is C13H10BrN3O. The summed E-state index contributed by atoms with van der Waals surface area (Å²) >= 11 is 3.32. The second-order valence-corrected chi connectivity index (χ2v) is 4.35. The topological polar surface area (TPSA) is 58.8 Å². The molecule has 4 nitrogen and oxygen atoms in total. The number of hydrogen-bond acceptors (Lipinski definition) is 4. The van der Waals surface area contributed by atoms with E-state index >= 15 is 0 Å². The number of aromatic nitrogens is 2. The lowest BCUT2D eigenvalue weighted by atomic mass is 10.2. The average Bonchev–Trinajstić information content (AvgIpc) is 2.39. The van der Waals surface area contributed by atoms with E-state index < -0.39 is 0 Å². The Morgan fingerprint density at radius 2 is 2.00 bits per heavy atom. The van der Waals surface area contributed by atoms with E-state index in [-0.39, 0.29) is 0 Å². The number of nitrogens with zero attached hydrogens (tertiary/aromatic N) is 3. The first-order valence-electron chi connectivity index (χ1n) is 5.42. The highest BCUT2D eigenvalue weighted by molar-refractivity contribution is 9.10. The minimum atomic E-state index is 0.485. The van der Waals surface area contributed by atoms with Crippen molar-refractivity contribution in [3.63, 3.8) is 0 Å². The summed E-state index contributed by atoms with van der Waals surface area (Å²) in [5.41, 5.74) is 0.598. The van der Waals surface area contributed by atoms with Gasteiger partial charge in [0.15, 0.2) is 0 Å². The molecule has 0 aliphatic rings. The molecule has 0 unspecified atom stereocenters. The van der Waals surface area contributed by atoms with E-state index in [9.17, 15) is 0 Å². The van der Waals surface area contributed by atoms with Crippen LogP contribution in [0.15, 0.2) is 34.9 Å². The lowest BCUT2D eigenvalue weighted by Gasteiger charge is -2.06. The minimum absolute atomic E-state index is 0.485. The van der Waals surface area contributed by atoms with Crippen LogP contribution in [0.25, 0.3) is 0 Å². The molecule has 0 aliphatic heterocycles. The quantitative estimate of drug-likeness (QED) is 0.815. The van der Waals surface area contributed by atoms with Gasteiger partial charge in [-0.15, -0.1) is 0 Å². The van der Waals surface area contributed by atoms with Crippen molar-refractivity contribution in [2.45, 2.75) is 13.3 Å². The molecule has 0 radical (unpaired) electrons. The maximum Gasteiger partial charge on any atom is 0.223 e. The van der Waals surface area contributed by atoms with Crippen molar-refractivity contribution in [1.29, 1.82) is 5.26 Å².